The molecule has 6 nitrogen and oxygen atoms in total. The van der Waals surface area contributed by atoms with Crippen LogP contribution in [-0.2, 0) is 14.8 Å². The van der Waals surface area contributed by atoms with Gasteiger partial charge in [0.05, 0.1) is 4.90 Å². The van der Waals surface area contributed by atoms with Crippen molar-refractivity contribution < 1.29 is 13.2 Å². The predicted molar refractivity (Wildman–Crippen MR) is 105 cm³/mol. The largest absolute Gasteiger partial charge is 0.340 e. The number of thioether (sulfide) groups is 1. The first-order valence-corrected chi connectivity index (χ1v) is 11.6. The number of carbonyl (C=O) groups is 1. The van der Waals surface area contributed by atoms with Crippen molar-refractivity contribution in [2.45, 2.75) is 31.2 Å². The summed E-state index contributed by atoms with van der Waals surface area (Å²) >= 11 is 1.87. The van der Waals surface area contributed by atoms with E-state index in [1.165, 1.54) is 4.31 Å². The maximum Gasteiger partial charge on any atom is 0.243 e. The minimum atomic E-state index is -3.50. The molecule has 2 fully saturated rings. The lowest BCUT2D eigenvalue weighted by Crippen LogP contribution is -2.52. The van der Waals surface area contributed by atoms with Crippen LogP contribution in [0.1, 0.15) is 17.5 Å². The Morgan fingerprint density at radius 2 is 1.92 bits per heavy atom. The van der Waals surface area contributed by atoms with Crippen LogP contribution in [0.5, 0.6) is 0 Å². The molecule has 26 heavy (non-hydrogen) atoms. The number of nitrogens with zero attached hydrogens (tertiary/aromatic N) is 2. The Morgan fingerprint density at radius 3 is 2.54 bits per heavy atom. The Hall–Kier alpha value is -1.09. The number of aryl methyl sites for hydroxylation is 2. The SMILES string of the molecule is Cc1ccc(S(=O)(=O)N2CCN(C(=O)CC3CSCCN3)CC2)cc1C. The minimum absolute atomic E-state index is 0.119. The Bertz CT molecular complexity index is 753. The molecule has 1 aromatic rings. The molecule has 2 saturated heterocycles. The molecule has 8 heteroatoms. The van der Waals surface area contributed by atoms with Crippen molar-refractivity contribution in [3.63, 3.8) is 0 Å². The number of hydrogen-bond acceptors (Lipinski definition) is 5. The van der Waals surface area contributed by atoms with Crippen molar-refractivity contribution >= 4 is 27.7 Å². The van der Waals surface area contributed by atoms with Crippen LogP contribution < -0.4 is 5.32 Å². The Labute approximate surface area is 160 Å². The fourth-order valence-corrected chi connectivity index (χ4v) is 5.75. The summed E-state index contributed by atoms with van der Waals surface area (Å²) in [5.41, 5.74) is 2.05. The zero-order valence-electron chi connectivity index (χ0n) is 15.4. The van der Waals surface area contributed by atoms with Crippen molar-refractivity contribution in [2.75, 3.05) is 44.2 Å². The molecule has 3 rings (SSSR count). The molecule has 0 spiro atoms. The number of benzene rings is 1. The van der Waals surface area contributed by atoms with E-state index < -0.39 is 10.0 Å². The van der Waals surface area contributed by atoms with Crippen molar-refractivity contribution in [2.24, 2.45) is 0 Å². The van der Waals surface area contributed by atoms with E-state index in [2.05, 4.69) is 5.32 Å². The minimum Gasteiger partial charge on any atom is -0.340 e. The van der Waals surface area contributed by atoms with Crippen LogP contribution in [0.4, 0.5) is 0 Å². The highest BCUT2D eigenvalue weighted by Crippen LogP contribution is 2.21. The van der Waals surface area contributed by atoms with Gasteiger partial charge < -0.3 is 10.2 Å². The molecule has 2 aliphatic heterocycles. The number of amides is 1. The van der Waals surface area contributed by atoms with E-state index in [0.29, 0.717) is 37.5 Å². The zero-order valence-corrected chi connectivity index (χ0v) is 17.0. The lowest BCUT2D eigenvalue weighted by Gasteiger charge is -2.35. The van der Waals surface area contributed by atoms with E-state index in [0.717, 1.165) is 29.2 Å². The van der Waals surface area contributed by atoms with Gasteiger partial charge in [-0.1, -0.05) is 6.07 Å². The Morgan fingerprint density at radius 1 is 1.19 bits per heavy atom. The normalized spacial score (nSPS) is 22.4. The fraction of sp³-hybridized carbons (Fsp3) is 0.611. The van der Waals surface area contributed by atoms with E-state index >= 15 is 0 Å². The van der Waals surface area contributed by atoms with Gasteiger partial charge in [0.2, 0.25) is 15.9 Å². The van der Waals surface area contributed by atoms with Crippen LogP contribution in [0.25, 0.3) is 0 Å². The first-order valence-electron chi connectivity index (χ1n) is 9.04. The third-order valence-electron chi connectivity index (χ3n) is 5.13. The molecule has 0 aliphatic carbocycles. The lowest BCUT2D eigenvalue weighted by atomic mass is 10.1. The highest BCUT2D eigenvalue weighted by Gasteiger charge is 2.31. The van der Waals surface area contributed by atoms with Crippen LogP contribution in [-0.4, -0.2) is 73.8 Å². The number of hydrogen-bond donors (Lipinski definition) is 1. The first kappa shape index (κ1) is 19.7. The lowest BCUT2D eigenvalue weighted by molar-refractivity contribution is -0.132. The molecule has 1 aromatic carbocycles. The van der Waals surface area contributed by atoms with E-state index in [1.54, 1.807) is 17.0 Å². The molecule has 2 heterocycles. The van der Waals surface area contributed by atoms with Crippen molar-refractivity contribution in [1.29, 1.82) is 0 Å². The summed E-state index contributed by atoms with van der Waals surface area (Å²) in [6.07, 6.45) is 0.497. The van der Waals surface area contributed by atoms with E-state index in [1.807, 2.05) is 31.7 Å². The summed E-state index contributed by atoms with van der Waals surface area (Å²) < 4.78 is 27.2. The molecule has 1 atom stereocenters. The van der Waals surface area contributed by atoms with Crippen LogP contribution in [0.3, 0.4) is 0 Å². The van der Waals surface area contributed by atoms with Crippen LogP contribution in [0.2, 0.25) is 0 Å². The summed E-state index contributed by atoms with van der Waals surface area (Å²) in [6, 6.07) is 5.48. The van der Waals surface area contributed by atoms with Gasteiger partial charge in [0, 0.05) is 56.7 Å². The molecular weight excluding hydrogens is 370 g/mol. The third kappa shape index (κ3) is 4.42. The second kappa shape index (κ2) is 8.29. The van der Waals surface area contributed by atoms with Crippen LogP contribution in [0.15, 0.2) is 23.1 Å². The van der Waals surface area contributed by atoms with Gasteiger partial charge >= 0.3 is 0 Å². The quantitative estimate of drug-likeness (QED) is 0.828. The predicted octanol–water partition coefficient (Wildman–Crippen LogP) is 1.23. The monoisotopic (exact) mass is 397 g/mol. The van der Waals surface area contributed by atoms with E-state index in [-0.39, 0.29) is 11.9 Å². The second-order valence-electron chi connectivity index (χ2n) is 6.96. The molecule has 0 saturated carbocycles. The number of sulfonamides is 1. The summed E-state index contributed by atoms with van der Waals surface area (Å²) in [6.45, 7) is 6.47. The second-order valence-corrected chi connectivity index (χ2v) is 10.0. The van der Waals surface area contributed by atoms with Gasteiger partial charge in [0.15, 0.2) is 0 Å². The molecule has 0 bridgehead atoms. The van der Waals surface area contributed by atoms with E-state index in [4.69, 9.17) is 0 Å². The number of rotatable bonds is 4. The standard InChI is InChI=1S/C18H27N3O3S2/c1-14-3-4-17(11-15(14)2)26(23,24)21-8-6-20(7-9-21)18(22)12-16-13-25-10-5-19-16/h3-4,11,16,19H,5-10,12-13H2,1-2H3. The van der Waals surface area contributed by atoms with Gasteiger partial charge in [-0.2, -0.15) is 16.1 Å². The molecular formula is C18H27N3O3S2. The molecule has 2 aliphatic rings. The van der Waals surface area contributed by atoms with Gasteiger partial charge in [-0.15, -0.1) is 0 Å². The average molecular weight is 398 g/mol. The van der Waals surface area contributed by atoms with Crippen LogP contribution >= 0.6 is 11.8 Å². The smallest absolute Gasteiger partial charge is 0.243 e. The highest BCUT2D eigenvalue weighted by molar-refractivity contribution is 7.99. The van der Waals surface area contributed by atoms with E-state index in [9.17, 15) is 13.2 Å². The fourth-order valence-electron chi connectivity index (χ4n) is 3.29. The van der Waals surface area contributed by atoms with Gasteiger partial charge in [0.25, 0.3) is 0 Å². The van der Waals surface area contributed by atoms with Gasteiger partial charge in [-0.3, -0.25) is 4.79 Å². The van der Waals surface area contributed by atoms with Crippen molar-refractivity contribution in [3.05, 3.63) is 29.3 Å². The van der Waals surface area contributed by atoms with Crippen LogP contribution in [0, 0.1) is 13.8 Å². The maximum atomic E-state index is 12.9. The first-order chi connectivity index (χ1) is 12.4. The molecule has 1 unspecified atom stereocenters. The van der Waals surface area contributed by atoms with Gasteiger partial charge in [-0.05, 0) is 37.1 Å². The maximum absolute atomic E-state index is 12.9. The molecule has 0 aromatic heterocycles. The zero-order chi connectivity index (χ0) is 18.7. The van der Waals surface area contributed by atoms with Crippen molar-refractivity contribution in [1.82, 2.24) is 14.5 Å². The van der Waals surface area contributed by atoms with Crippen molar-refractivity contribution in [3.8, 4) is 0 Å². The summed E-state index contributed by atoms with van der Waals surface area (Å²) in [5, 5.41) is 3.38. The number of piperazine rings is 1. The molecule has 1 N–H and O–H groups in total. The molecule has 1 amide bonds. The molecule has 0 radical (unpaired) electrons. The van der Waals surface area contributed by atoms with Gasteiger partial charge in [0.1, 0.15) is 0 Å². The Balaban J connectivity index is 1.58. The average Bonchev–Trinajstić information content (AvgIpc) is 2.65. The number of nitrogens with one attached hydrogen (secondary N) is 1. The Kier molecular flexibility index (Phi) is 6.27. The summed E-state index contributed by atoms with van der Waals surface area (Å²) in [5.74, 6) is 2.18. The summed E-state index contributed by atoms with van der Waals surface area (Å²) in [7, 11) is -3.50. The topological polar surface area (TPSA) is 69.7 Å². The number of carbonyl (C=O) groups excluding carboxylic acids is 1. The molecule has 144 valence electrons. The summed E-state index contributed by atoms with van der Waals surface area (Å²) in [4.78, 5) is 14.6. The highest BCUT2D eigenvalue weighted by atomic mass is 32.2. The van der Waals surface area contributed by atoms with Gasteiger partial charge in [-0.25, -0.2) is 8.42 Å². The third-order valence-corrected chi connectivity index (χ3v) is 8.15.